The highest BCUT2D eigenvalue weighted by molar-refractivity contribution is 5.77. The van der Waals surface area contributed by atoms with E-state index >= 15 is 0 Å². The minimum absolute atomic E-state index is 0.184. The normalized spacial score (nSPS) is 20.0. The number of benzene rings is 1. The summed E-state index contributed by atoms with van der Waals surface area (Å²) in [5.41, 5.74) is -0.446. The van der Waals surface area contributed by atoms with E-state index in [2.05, 4.69) is 4.99 Å². The van der Waals surface area contributed by atoms with Gasteiger partial charge < -0.3 is 4.74 Å². The molecule has 1 aliphatic rings. The van der Waals surface area contributed by atoms with Gasteiger partial charge in [0.25, 0.3) is 0 Å². The van der Waals surface area contributed by atoms with Gasteiger partial charge >= 0.3 is 6.18 Å². The van der Waals surface area contributed by atoms with Gasteiger partial charge in [-0.2, -0.15) is 13.2 Å². The summed E-state index contributed by atoms with van der Waals surface area (Å²) < 4.78 is 43.6. The molecule has 1 aliphatic heterocycles. The van der Waals surface area contributed by atoms with Crippen molar-refractivity contribution in [3.8, 4) is 0 Å². The van der Waals surface area contributed by atoms with Crippen LogP contribution in [0.25, 0.3) is 0 Å². The average Bonchev–Trinajstić information content (AvgIpc) is 2.76. The first kappa shape index (κ1) is 12.0. The molecule has 0 saturated heterocycles. The molecule has 1 unspecified atom stereocenters. The Morgan fingerprint density at radius 1 is 1.35 bits per heavy atom. The molecule has 2 rings (SSSR count). The first-order valence-electron chi connectivity index (χ1n) is 5.38. The highest BCUT2D eigenvalue weighted by Gasteiger charge is 2.36. The molecule has 1 atom stereocenters. The summed E-state index contributed by atoms with van der Waals surface area (Å²) in [6.07, 6.45) is -3.74. The predicted octanol–water partition coefficient (Wildman–Crippen LogP) is 3.59. The first-order valence-corrected chi connectivity index (χ1v) is 5.38. The van der Waals surface area contributed by atoms with Crippen LogP contribution in [0.15, 0.2) is 29.3 Å². The van der Waals surface area contributed by atoms with Crippen LogP contribution in [0.4, 0.5) is 13.2 Å². The van der Waals surface area contributed by atoms with Gasteiger partial charge in [-0.15, -0.1) is 0 Å². The van der Waals surface area contributed by atoms with Crippen LogP contribution in [-0.2, 0) is 10.9 Å². The second kappa shape index (κ2) is 4.39. The first-order chi connectivity index (χ1) is 8.02. The van der Waals surface area contributed by atoms with Gasteiger partial charge in [-0.3, -0.25) is 0 Å². The van der Waals surface area contributed by atoms with Crippen molar-refractivity contribution in [1.29, 1.82) is 0 Å². The summed E-state index contributed by atoms with van der Waals surface area (Å²) in [6, 6.07) is 4.97. The third-order valence-electron chi connectivity index (χ3n) is 2.64. The van der Waals surface area contributed by atoms with Gasteiger partial charge in [-0.1, -0.05) is 25.1 Å². The minimum Gasteiger partial charge on any atom is -0.478 e. The maximum atomic E-state index is 12.8. The lowest BCUT2D eigenvalue weighted by atomic mass is 10.0. The van der Waals surface area contributed by atoms with Crippen molar-refractivity contribution in [3.05, 3.63) is 35.4 Å². The Hall–Kier alpha value is -1.52. The molecule has 0 aliphatic carbocycles. The Kier molecular flexibility index (Phi) is 3.09. The summed E-state index contributed by atoms with van der Waals surface area (Å²) in [7, 11) is 0. The molecule has 0 aromatic heterocycles. The highest BCUT2D eigenvalue weighted by Crippen LogP contribution is 2.36. The largest absolute Gasteiger partial charge is 0.478 e. The number of nitrogens with zero attached hydrogens (tertiary/aromatic N) is 1. The van der Waals surface area contributed by atoms with E-state index in [1.54, 1.807) is 6.07 Å². The van der Waals surface area contributed by atoms with Crippen LogP contribution >= 0.6 is 0 Å². The van der Waals surface area contributed by atoms with Crippen LogP contribution in [-0.4, -0.2) is 12.5 Å². The third kappa shape index (κ3) is 2.43. The number of halogens is 3. The topological polar surface area (TPSA) is 21.6 Å². The zero-order valence-electron chi connectivity index (χ0n) is 9.29. The molecule has 1 heterocycles. The maximum Gasteiger partial charge on any atom is 0.416 e. The molecule has 1 aromatic carbocycles. The van der Waals surface area contributed by atoms with E-state index in [0.29, 0.717) is 12.3 Å². The Labute approximate surface area is 97.1 Å². The summed E-state index contributed by atoms with van der Waals surface area (Å²) >= 11 is 0. The molecule has 0 spiro atoms. The van der Waals surface area contributed by atoms with E-state index in [9.17, 15) is 13.2 Å². The summed E-state index contributed by atoms with van der Waals surface area (Å²) in [5, 5.41) is 0. The van der Waals surface area contributed by atoms with Crippen LogP contribution in [0.1, 0.15) is 30.5 Å². The number of hydrogen-bond donors (Lipinski definition) is 0. The summed E-state index contributed by atoms with van der Waals surface area (Å²) in [5.74, 6) is 0.520. The lowest BCUT2D eigenvalue weighted by Gasteiger charge is -2.14. The van der Waals surface area contributed by atoms with Crippen LogP contribution in [0.2, 0.25) is 0 Å². The highest BCUT2D eigenvalue weighted by atomic mass is 19.4. The van der Waals surface area contributed by atoms with Gasteiger partial charge in [0.1, 0.15) is 12.6 Å². The molecule has 92 valence electrons. The van der Waals surface area contributed by atoms with Gasteiger partial charge in [-0.25, -0.2) is 4.99 Å². The second-order valence-electron chi connectivity index (χ2n) is 3.79. The van der Waals surface area contributed by atoms with Crippen molar-refractivity contribution in [3.63, 3.8) is 0 Å². The number of ether oxygens (including phenoxy) is 1. The number of hydrogen-bond acceptors (Lipinski definition) is 2. The molecule has 0 bridgehead atoms. The van der Waals surface area contributed by atoms with Gasteiger partial charge in [0, 0.05) is 6.42 Å². The van der Waals surface area contributed by atoms with Gasteiger partial charge in [-0.05, 0) is 11.6 Å². The molecular weight excluding hydrogens is 231 g/mol. The van der Waals surface area contributed by atoms with Gasteiger partial charge in [0.15, 0.2) is 5.90 Å². The van der Waals surface area contributed by atoms with Crippen molar-refractivity contribution in [2.24, 2.45) is 4.99 Å². The smallest absolute Gasteiger partial charge is 0.416 e. The minimum atomic E-state index is -4.35. The van der Waals surface area contributed by atoms with Crippen LogP contribution in [0.3, 0.4) is 0 Å². The Morgan fingerprint density at radius 2 is 2.06 bits per heavy atom. The fraction of sp³-hybridized carbons (Fsp3) is 0.417. The van der Waals surface area contributed by atoms with Gasteiger partial charge in [0.2, 0.25) is 0 Å². The second-order valence-corrected chi connectivity index (χ2v) is 3.79. The van der Waals surface area contributed by atoms with E-state index in [4.69, 9.17) is 4.74 Å². The molecular formula is C12H12F3NO. The van der Waals surface area contributed by atoms with Crippen molar-refractivity contribution in [2.45, 2.75) is 25.6 Å². The van der Waals surface area contributed by atoms with E-state index in [1.807, 2.05) is 6.92 Å². The molecule has 5 heteroatoms. The summed E-state index contributed by atoms with van der Waals surface area (Å²) in [6.45, 7) is 2.05. The van der Waals surface area contributed by atoms with E-state index < -0.39 is 17.8 Å². The van der Waals surface area contributed by atoms with E-state index in [-0.39, 0.29) is 12.2 Å². The van der Waals surface area contributed by atoms with Gasteiger partial charge in [0.05, 0.1) is 5.56 Å². The molecule has 0 saturated carbocycles. The molecule has 2 nitrogen and oxygen atoms in total. The lowest BCUT2D eigenvalue weighted by molar-refractivity contribution is -0.138. The van der Waals surface area contributed by atoms with Crippen LogP contribution in [0, 0.1) is 0 Å². The zero-order valence-corrected chi connectivity index (χ0v) is 9.29. The lowest BCUT2D eigenvalue weighted by Crippen LogP contribution is -2.11. The predicted molar refractivity (Wildman–Crippen MR) is 57.9 cm³/mol. The fourth-order valence-corrected chi connectivity index (χ4v) is 1.82. The molecule has 17 heavy (non-hydrogen) atoms. The molecule has 0 radical (unpaired) electrons. The molecule has 0 fully saturated rings. The standard InChI is InChI=1S/C12H12F3NO/c1-2-11-16-10(7-17-11)8-5-3-4-6-9(8)12(13,14)15/h3-6,10H,2,7H2,1H3. The zero-order chi connectivity index (χ0) is 12.5. The van der Waals surface area contributed by atoms with Crippen LogP contribution < -0.4 is 0 Å². The quantitative estimate of drug-likeness (QED) is 0.777. The number of rotatable bonds is 2. The van der Waals surface area contributed by atoms with Crippen molar-refractivity contribution in [2.75, 3.05) is 6.61 Å². The van der Waals surface area contributed by atoms with E-state index in [1.165, 1.54) is 12.1 Å². The Balaban J connectivity index is 2.37. The maximum absolute atomic E-state index is 12.8. The monoisotopic (exact) mass is 243 g/mol. The average molecular weight is 243 g/mol. The van der Waals surface area contributed by atoms with Crippen molar-refractivity contribution in [1.82, 2.24) is 0 Å². The van der Waals surface area contributed by atoms with Crippen molar-refractivity contribution < 1.29 is 17.9 Å². The molecule has 1 aromatic rings. The molecule has 0 N–H and O–H groups in total. The third-order valence-corrected chi connectivity index (χ3v) is 2.64. The number of aliphatic imine (C=N–C) groups is 1. The Bertz CT molecular complexity index is 440. The Morgan fingerprint density at radius 3 is 2.65 bits per heavy atom. The van der Waals surface area contributed by atoms with Crippen molar-refractivity contribution >= 4 is 5.90 Å². The number of alkyl halides is 3. The van der Waals surface area contributed by atoms with E-state index in [0.717, 1.165) is 6.07 Å². The van der Waals surface area contributed by atoms with Crippen LogP contribution in [0.5, 0.6) is 0 Å². The summed E-state index contributed by atoms with van der Waals surface area (Å²) in [4.78, 5) is 4.15. The SMILES string of the molecule is CCC1=NC(c2ccccc2C(F)(F)F)CO1. The fourth-order valence-electron chi connectivity index (χ4n) is 1.82. The molecule has 0 amide bonds.